The Bertz CT molecular complexity index is 637. The fourth-order valence-electron chi connectivity index (χ4n) is 4.11. The van der Waals surface area contributed by atoms with Crippen molar-refractivity contribution in [2.24, 2.45) is 24.8 Å². The number of ether oxygens (including phenoxy) is 1. The van der Waals surface area contributed by atoms with Crippen molar-refractivity contribution in [3.63, 3.8) is 0 Å². The Morgan fingerprint density at radius 3 is 2.83 bits per heavy atom. The maximum absolute atomic E-state index is 12.4. The molecule has 2 aliphatic heterocycles. The van der Waals surface area contributed by atoms with Crippen LogP contribution in [-0.2, 0) is 16.6 Å². The molecule has 1 saturated carbocycles. The molecule has 0 bridgehead atoms. The number of nitrogens with zero attached hydrogens (tertiary/aromatic N) is 2. The lowest BCUT2D eigenvalue weighted by atomic mass is 9.84. The quantitative estimate of drug-likeness (QED) is 0.896. The summed E-state index contributed by atoms with van der Waals surface area (Å²) in [5.74, 6) is 1.15. The van der Waals surface area contributed by atoms with E-state index in [9.17, 15) is 9.59 Å². The van der Waals surface area contributed by atoms with E-state index in [-0.39, 0.29) is 17.9 Å². The van der Waals surface area contributed by atoms with Crippen LogP contribution in [0.15, 0.2) is 18.3 Å². The second-order valence-corrected chi connectivity index (χ2v) is 7.38. The third-order valence-electron chi connectivity index (χ3n) is 5.91. The molecule has 1 aromatic rings. The highest BCUT2D eigenvalue weighted by molar-refractivity contribution is 5.92. The first kappa shape index (κ1) is 15.7. The van der Waals surface area contributed by atoms with Crippen molar-refractivity contribution >= 4 is 11.8 Å². The van der Waals surface area contributed by atoms with E-state index in [2.05, 4.69) is 5.32 Å². The van der Waals surface area contributed by atoms with Crippen molar-refractivity contribution in [1.82, 2.24) is 14.8 Å². The topological polar surface area (TPSA) is 63.6 Å². The second kappa shape index (κ2) is 6.24. The van der Waals surface area contributed by atoms with Gasteiger partial charge in [-0.15, -0.1) is 0 Å². The van der Waals surface area contributed by atoms with Crippen molar-refractivity contribution in [2.45, 2.75) is 25.4 Å². The molecule has 3 aliphatic rings. The van der Waals surface area contributed by atoms with Gasteiger partial charge in [0, 0.05) is 50.6 Å². The number of hydrogen-bond acceptors (Lipinski definition) is 3. The first-order valence-electron chi connectivity index (χ1n) is 8.93. The van der Waals surface area contributed by atoms with E-state index in [0.29, 0.717) is 36.6 Å². The smallest absolute Gasteiger partial charge is 0.267 e. The van der Waals surface area contributed by atoms with Gasteiger partial charge in [0.1, 0.15) is 5.69 Å². The Morgan fingerprint density at radius 1 is 1.33 bits per heavy atom. The van der Waals surface area contributed by atoms with Gasteiger partial charge in [0.05, 0.1) is 12.7 Å². The number of carbonyl (C=O) groups excluding carboxylic acids is 2. The molecule has 24 heavy (non-hydrogen) atoms. The minimum atomic E-state index is -0.0497. The van der Waals surface area contributed by atoms with Crippen molar-refractivity contribution < 1.29 is 14.3 Å². The molecule has 3 heterocycles. The summed E-state index contributed by atoms with van der Waals surface area (Å²) in [6, 6.07) is 3.68. The third kappa shape index (κ3) is 2.73. The molecule has 130 valence electrons. The van der Waals surface area contributed by atoms with E-state index in [1.165, 1.54) is 6.42 Å². The molecule has 2 amide bonds. The van der Waals surface area contributed by atoms with Crippen molar-refractivity contribution in [2.75, 3.05) is 26.2 Å². The lowest BCUT2D eigenvalue weighted by Gasteiger charge is -2.29. The number of nitrogens with one attached hydrogen (secondary N) is 1. The zero-order valence-electron chi connectivity index (χ0n) is 14.1. The lowest BCUT2D eigenvalue weighted by Crippen LogP contribution is -2.39. The molecule has 3 fully saturated rings. The standard InChI is InChI=1S/C18H25N3O3/c1-20-7-3-6-15(20)17(22)19-8-13-11-24-16-10-21(9-14(13)16)18(23)12-4-2-5-12/h3,6-7,12-14,16H,2,4-5,8-11H2,1H3,(H,19,22)/t13-,14+,16+/m0/s1. The number of likely N-dealkylation sites (tertiary alicyclic amines) is 1. The van der Waals surface area contributed by atoms with Gasteiger partial charge in [-0.2, -0.15) is 0 Å². The van der Waals surface area contributed by atoms with Gasteiger partial charge in [-0.05, 0) is 25.0 Å². The highest BCUT2D eigenvalue weighted by atomic mass is 16.5. The van der Waals surface area contributed by atoms with Crippen LogP contribution >= 0.6 is 0 Å². The predicted octanol–water partition coefficient (Wildman–Crippen LogP) is 1.03. The molecule has 6 heteroatoms. The predicted molar refractivity (Wildman–Crippen MR) is 88.4 cm³/mol. The van der Waals surface area contributed by atoms with Crippen LogP contribution < -0.4 is 5.32 Å². The van der Waals surface area contributed by atoms with Gasteiger partial charge < -0.3 is 19.5 Å². The average Bonchev–Trinajstić information content (AvgIpc) is 3.18. The first-order valence-corrected chi connectivity index (χ1v) is 8.93. The number of aryl methyl sites for hydroxylation is 1. The summed E-state index contributed by atoms with van der Waals surface area (Å²) < 4.78 is 7.71. The molecular formula is C18H25N3O3. The molecule has 3 atom stereocenters. The van der Waals surface area contributed by atoms with Gasteiger partial charge in [0.2, 0.25) is 5.91 Å². The highest BCUT2D eigenvalue weighted by Crippen LogP contribution is 2.36. The number of aromatic nitrogens is 1. The van der Waals surface area contributed by atoms with E-state index in [4.69, 9.17) is 4.74 Å². The summed E-state index contributed by atoms with van der Waals surface area (Å²) in [5.41, 5.74) is 0.665. The highest BCUT2D eigenvalue weighted by Gasteiger charge is 2.46. The van der Waals surface area contributed by atoms with E-state index in [1.54, 1.807) is 0 Å². The summed E-state index contributed by atoms with van der Waals surface area (Å²) >= 11 is 0. The molecule has 4 rings (SSSR count). The molecule has 0 unspecified atom stereocenters. The molecule has 0 aromatic carbocycles. The Balaban J connectivity index is 1.32. The molecule has 6 nitrogen and oxygen atoms in total. The van der Waals surface area contributed by atoms with Crippen LogP contribution in [-0.4, -0.2) is 53.6 Å². The van der Waals surface area contributed by atoms with Crippen LogP contribution in [0.1, 0.15) is 29.8 Å². The molecule has 1 N–H and O–H groups in total. The molecule has 2 saturated heterocycles. The van der Waals surface area contributed by atoms with Gasteiger partial charge in [-0.1, -0.05) is 6.42 Å². The Kier molecular flexibility index (Phi) is 4.08. The summed E-state index contributed by atoms with van der Waals surface area (Å²) in [6.07, 6.45) is 5.28. The van der Waals surface area contributed by atoms with Crippen LogP contribution in [0.3, 0.4) is 0 Å². The van der Waals surface area contributed by atoms with Crippen LogP contribution in [0, 0.1) is 17.8 Å². The first-order chi connectivity index (χ1) is 11.6. The normalized spacial score (nSPS) is 29.4. The second-order valence-electron chi connectivity index (χ2n) is 7.38. The summed E-state index contributed by atoms with van der Waals surface area (Å²) in [4.78, 5) is 26.7. The average molecular weight is 331 g/mol. The summed E-state index contributed by atoms with van der Waals surface area (Å²) in [6.45, 7) is 2.79. The van der Waals surface area contributed by atoms with E-state index >= 15 is 0 Å². The summed E-state index contributed by atoms with van der Waals surface area (Å²) in [7, 11) is 1.87. The van der Waals surface area contributed by atoms with Crippen LogP contribution in [0.2, 0.25) is 0 Å². The molecular weight excluding hydrogens is 306 g/mol. The molecule has 1 aliphatic carbocycles. The van der Waals surface area contributed by atoms with Gasteiger partial charge in [0.15, 0.2) is 0 Å². The van der Waals surface area contributed by atoms with Crippen molar-refractivity contribution in [3.05, 3.63) is 24.0 Å². The van der Waals surface area contributed by atoms with Gasteiger partial charge in [-0.25, -0.2) is 0 Å². The molecule has 0 radical (unpaired) electrons. The number of rotatable bonds is 4. The monoisotopic (exact) mass is 331 g/mol. The fraction of sp³-hybridized carbons (Fsp3) is 0.667. The van der Waals surface area contributed by atoms with E-state index in [1.807, 2.05) is 34.8 Å². The number of fused-ring (bicyclic) bond motifs is 1. The largest absolute Gasteiger partial charge is 0.376 e. The SMILES string of the molecule is Cn1cccc1C(=O)NC[C@H]1CO[C@@H]2CN(C(=O)C3CCC3)C[C@H]12. The van der Waals surface area contributed by atoms with E-state index in [0.717, 1.165) is 25.9 Å². The maximum atomic E-state index is 12.4. The lowest BCUT2D eigenvalue weighted by molar-refractivity contribution is -0.137. The zero-order chi connectivity index (χ0) is 16.7. The van der Waals surface area contributed by atoms with Crippen LogP contribution in [0.5, 0.6) is 0 Å². The zero-order valence-corrected chi connectivity index (χ0v) is 14.1. The van der Waals surface area contributed by atoms with Gasteiger partial charge >= 0.3 is 0 Å². The van der Waals surface area contributed by atoms with E-state index < -0.39 is 0 Å². The Hall–Kier alpha value is -1.82. The van der Waals surface area contributed by atoms with Crippen molar-refractivity contribution in [3.8, 4) is 0 Å². The number of hydrogen-bond donors (Lipinski definition) is 1. The Labute approximate surface area is 142 Å². The van der Waals surface area contributed by atoms with Gasteiger partial charge in [0.25, 0.3) is 5.91 Å². The fourth-order valence-corrected chi connectivity index (χ4v) is 4.11. The maximum Gasteiger partial charge on any atom is 0.267 e. The summed E-state index contributed by atoms with van der Waals surface area (Å²) in [5, 5.41) is 3.03. The van der Waals surface area contributed by atoms with Crippen LogP contribution in [0.4, 0.5) is 0 Å². The number of carbonyl (C=O) groups is 2. The Morgan fingerprint density at radius 2 is 2.17 bits per heavy atom. The van der Waals surface area contributed by atoms with Crippen LogP contribution in [0.25, 0.3) is 0 Å². The number of amides is 2. The molecule has 1 aromatic heterocycles. The van der Waals surface area contributed by atoms with Crippen molar-refractivity contribution in [1.29, 1.82) is 0 Å². The minimum absolute atomic E-state index is 0.0497. The minimum Gasteiger partial charge on any atom is -0.376 e. The van der Waals surface area contributed by atoms with Gasteiger partial charge in [-0.3, -0.25) is 9.59 Å². The third-order valence-corrected chi connectivity index (χ3v) is 5.91. The molecule has 0 spiro atoms.